The second kappa shape index (κ2) is 5.49. The molecule has 1 rings (SSSR count). The maximum atomic E-state index is 11.6. The summed E-state index contributed by atoms with van der Waals surface area (Å²) in [5.41, 5.74) is 0. The molecule has 0 radical (unpaired) electrons. The molecule has 0 aliphatic heterocycles. The number of rotatable bonds is 4. The Morgan fingerprint density at radius 1 is 1.25 bits per heavy atom. The highest BCUT2D eigenvalue weighted by Crippen LogP contribution is 2.21. The van der Waals surface area contributed by atoms with Crippen LogP contribution in [-0.2, 0) is 14.3 Å². The quantitative estimate of drug-likeness (QED) is 0.737. The number of carbonyl (C=O) groups excluding carboxylic acids is 1. The molecule has 16 heavy (non-hydrogen) atoms. The maximum absolute atomic E-state index is 11.6. The van der Waals surface area contributed by atoms with Crippen LogP contribution in [0.3, 0.4) is 0 Å². The third-order valence-electron chi connectivity index (χ3n) is 2.25. The van der Waals surface area contributed by atoms with Gasteiger partial charge in [-0.05, 0) is 5.92 Å². The van der Waals surface area contributed by atoms with Crippen LogP contribution in [0, 0.1) is 17.8 Å². The fourth-order valence-corrected chi connectivity index (χ4v) is 1.41. The van der Waals surface area contributed by atoms with Crippen LogP contribution in [-0.4, -0.2) is 23.7 Å². The Labute approximate surface area is 94.6 Å². The topological polar surface area (TPSA) is 63.6 Å². The summed E-state index contributed by atoms with van der Waals surface area (Å²) in [5, 5.41) is 8.94. The lowest BCUT2D eigenvalue weighted by atomic mass is 9.88. The summed E-state index contributed by atoms with van der Waals surface area (Å²) in [4.78, 5) is 22.6. The summed E-state index contributed by atoms with van der Waals surface area (Å²) in [6, 6.07) is 0. The zero-order valence-electron chi connectivity index (χ0n) is 9.42. The first-order valence-corrected chi connectivity index (χ1v) is 5.26. The second-order valence-electron chi connectivity index (χ2n) is 4.18. The van der Waals surface area contributed by atoms with E-state index in [1.54, 1.807) is 18.2 Å². The smallest absolute Gasteiger partial charge is 0.314 e. The van der Waals surface area contributed by atoms with Crippen LogP contribution >= 0.6 is 0 Å². The first kappa shape index (κ1) is 12.5. The van der Waals surface area contributed by atoms with E-state index < -0.39 is 23.8 Å². The summed E-state index contributed by atoms with van der Waals surface area (Å²) in [6.07, 6.45) is 6.37. The van der Waals surface area contributed by atoms with Crippen LogP contribution in [0.1, 0.15) is 13.8 Å². The third kappa shape index (κ3) is 3.22. The van der Waals surface area contributed by atoms with Crippen molar-refractivity contribution >= 4 is 11.9 Å². The van der Waals surface area contributed by atoms with Gasteiger partial charge in [-0.15, -0.1) is 0 Å². The normalized spacial score (nSPS) is 23.4. The summed E-state index contributed by atoms with van der Waals surface area (Å²) < 4.78 is 5.04. The summed E-state index contributed by atoms with van der Waals surface area (Å²) in [5.74, 6) is -2.75. The number of esters is 1. The van der Waals surface area contributed by atoms with Crippen LogP contribution in [0.5, 0.6) is 0 Å². The zero-order chi connectivity index (χ0) is 12.1. The van der Waals surface area contributed by atoms with Crippen molar-refractivity contribution in [3.63, 3.8) is 0 Å². The highest BCUT2D eigenvalue weighted by atomic mass is 16.5. The molecule has 1 aliphatic carbocycles. The van der Waals surface area contributed by atoms with Crippen LogP contribution in [0.4, 0.5) is 0 Å². The van der Waals surface area contributed by atoms with Gasteiger partial charge in [0.05, 0.1) is 18.4 Å². The van der Waals surface area contributed by atoms with Crippen molar-refractivity contribution in [2.24, 2.45) is 17.8 Å². The standard InChI is InChI=1S/C12H16O4/c1-8(2)7-16-12(15)10-6-4-3-5-9(10)11(13)14/h3-6,8-10H,7H2,1-2H3,(H,13,14). The maximum Gasteiger partial charge on any atom is 0.314 e. The molecule has 4 nitrogen and oxygen atoms in total. The molecule has 2 atom stereocenters. The average molecular weight is 224 g/mol. The number of hydrogen-bond donors (Lipinski definition) is 1. The molecule has 1 N–H and O–H groups in total. The van der Waals surface area contributed by atoms with Crippen molar-refractivity contribution in [3.05, 3.63) is 24.3 Å². The number of aliphatic carboxylic acids is 1. The van der Waals surface area contributed by atoms with Gasteiger partial charge in [0.25, 0.3) is 0 Å². The predicted molar refractivity (Wildman–Crippen MR) is 58.7 cm³/mol. The fourth-order valence-electron chi connectivity index (χ4n) is 1.41. The van der Waals surface area contributed by atoms with E-state index in [-0.39, 0.29) is 5.92 Å². The summed E-state index contributed by atoms with van der Waals surface area (Å²) >= 11 is 0. The van der Waals surface area contributed by atoms with E-state index in [4.69, 9.17) is 9.84 Å². The van der Waals surface area contributed by atoms with E-state index in [1.165, 1.54) is 6.08 Å². The molecule has 4 heteroatoms. The number of ether oxygens (including phenoxy) is 1. The Bertz CT molecular complexity index is 328. The number of hydrogen-bond acceptors (Lipinski definition) is 3. The first-order chi connectivity index (χ1) is 7.52. The largest absolute Gasteiger partial charge is 0.481 e. The third-order valence-corrected chi connectivity index (χ3v) is 2.25. The minimum atomic E-state index is -1.01. The molecule has 0 saturated heterocycles. The van der Waals surface area contributed by atoms with Crippen molar-refractivity contribution in [1.29, 1.82) is 0 Å². The molecule has 0 aromatic heterocycles. The molecule has 88 valence electrons. The van der Waals surface area contributed by atoms with E-state index in [0.29, 0.717) is 6.61 Å². The lowest BCUT2D eigenvalue weighted by Gasteiger charge is -2.19. The predicted octanol–water partition coefficient (Wildman–Crippen LogP) is 1.63. The number of allylic oxidation sites excluding steroid dienone is 2. The lowest BCUT2D eigenvalue weighted by Crippen LogP contribution is -2.30. The van der Waals surface area contributed by atoms with Crippen molar-refractivity contribution in [3.8, 4) is 0 Å². The lowest BCUT2D eigenvalue weighted by molar-refractivity contribution is -0.154. The van der Waals surface area contributed by atoms with Gasteiger partial charge in [-0.1, -0.05) is 38.2 Å². The van der Waals surface area contributed by atoms with Crippen molar-refractivity contribution < 1.29 is 19.4 Å². The molecular weight excluding hydrogens is 208 g/mol. The first-order valence-electron chi connectivity index (χ1n) is 5.26. The molecule has 0 fully saturated rings. The molecule has 0 heterocycles. The van der Waals surface area contributed by atoms with E-state index in [2.05, 4.69) is 0 Å². The highest BCUT2D eigenvalue weighted by Gasteiger charge is 2.32. The number of carboxylic acids is 1. The number of carboxylic acid groups (broad SMARTS) is 1. The Kier molecular flexibility index (Phi) is 4.28. The minimum absolute atomic E-state index is 0.246. The molecule has 0 amide bonds. The van der Waals surface area contributed by atoms with Crippen LogP contribution in [0.15, 0.2) is 24.3 Å². The Hall–Kier alpha value is -1.58. The Balaban J connectivity index is 2.63. The fraction of sp³-hybridized carbons (Fsp3) is 0.500. The van der Waals surface area contributed by atoms with Gasteiger partial charge >= 0.3 is 11.9 Å². The van der Waals surface area contributed by atoms with E-state index in [1.807, 2.05) is 13.8 Å². The SMILES string of the molecule is CC(C)COC(=O)C1C=CC=CC1C(=O)O. The Morgan fingerprint density at radius 3 is 2.31 bits per heavy atom. The Morgan fingerprint density at radius 2 is 1.81 bits per heavy atom. The average Bonchev–Trinajstić information content (AvgIpc) is 2.25. The number of carbonyl (C=O) groups is 2. The van der Waals surface area contributed by atoms with Gasteiger partial charge in [0, 0.05) is 0 Å². The monoisotopic (exact) mass is 224 g/mol. The van der Waals surface area contributed by atoms with Crippen LogP contribution < -0.4 is 0 Å². The van der Waals surface area contributed by atoms with E-state index in [9.17, 15) is 9.59 Å². The van der Waals surface area contributed by atoms with Gasteiger partial charge in [-0.25, -0.2) is 0 Å². The second-order valence-corrected chi connectivity index (χ2v) is 4.18. The molecule has 0 spiro atoms. The van der Waals surface area contributed by atoms with Gasteiger partial charge in [0.1, 0.15) is 0 Å². The highest BCUT2D eigenvalue weighted by molar-refractivity contribution is 5.84. The van der Waals surface area contributed by atoms with Crippen molar-refractivity contribution in [1.82, 2.24) is 0 Å². The van der Waals surface area contributed by atoms with E-state index >= 15 is 0 Å². The molecule has 0 saturated carbocycles. The van der Waals surface area contributed by atoms with Gasteiger partial charge in [0.2, 0.25) is 0 Å². The van der Waals surface area contributed by atoms with E-state index in [0.717, 1.165) is 0 Å². The van der Waals surface area contributed by atoms with Gasteiger partial charge < -0.3 is 9.84 Å². The summed E-state index contributed by atoms with van der Waals surface area (Å²) in [6.45, 7) is 4.18. The van der Waals surface area contributed by atoms with Gasteiger partial charge in [-0.2, -0.15) is 0 Å². The summed E-state index contributed by atoms with van der Waals surface area (Å²) in [7, 11) is 0. The molecule has 0 bridgehead atoms. The van der Waals surface area contributed by atoms with Gasteiger partial charge in [-0.3, -0.25) is 9.59 Å². The van der Waals surface area contributed by atoms with Crippen molar-refractivity contribution in [2.45, 2.75) is 13.8 Å². The molecular formula is C12H16O4. The van der Waals surface area contributed by atoms with Crippen LogP contribution in [0.25, 0.3) is 0 Å². The molecule has 2 unspecified atom stereocenters. The van der Waals surface area contributed by atoms with Crippen LogP contribution in [0.2, 0.25) is 0 Å². The zero-order valence-corrected chi connectivity index (χ0v) is 9.42. The van der Waals surface area contributed by atoms with Crippen molar-refractivity contribution in [2.75, 3.05) is 6.61 Å². The molecule has 0 aromatic carbocycles. The molecule has 0 aromatic rings. The van der Waals surface area contributed by atoms with Gasteiger partial charge in [0.15, 0.2) is 0 Å². The molecule has 1 aliphatic rings. The minimum Gasteiger partial charge on any atom is -0.481 e.